The van der Waals surface area contributed by atoms with E-state index in [2.05, 4.69) is 5.32 Å². The molecule has 1 aromatic rings. The lowest BCUT2D eigenvalue weighted by Gasteiger charge is -2.10. The Hall–Kier alpha value is -1.62. The summed E-state index contributed by atoms with van der Waals surface area (Å²) in [5, 5.41) is 11.4. The van der Waals surface area contributed by atoms with Gasteiger partial charge in [-0.15, -0.1) is 0 Å². The minimum atomic E-state index is -0.474. The van der Waals surface area contributed by atoms with Crippen LogP contribution < -0.4 is 11.1 Å². The summed E-state index contributed by atoms with van der Waals surface area (Å²) in [4.78, 5) is 11.6. The lowest BCUT2D eigenvalue weighted by atomic mass is 10.1. The van der Waals surface area contributed by atoms with Crippen LogP contribution >= 0.6 is 0 Å². The average Bonchev–Trinajstić information content (AvgIpc) is 2.25. The summed E-state index contributed by atoms with van der Waals surface area (Å²) >= 11 is 0. The predicted molar refractivity (Wildman–Crippen MR) is 59.4 cm³/mol. The first kappa shape index (κ1) is 12.4. The molecule has 1 atom stereocenters. The number of carbonyl (C=O) groups excluding carboxylic acids is 1. The van der Waals surface area contributed by atoms with Crippen molar-refractivity contribution < 1.29 is 14.3 Å². The van der Waals surface area contributed by atoms with Crippen molar-refractivity contribution in [3.8, 4) is 0 Å². The molecule has 1 aromatic carbocycles. The maximum Gasteiger partial charge on any atom is 0.253 e. The van der Waals surface area contributed by atoms with E-state index in [0.717, 1.165) is 6.07 Å². The Labute approximate surface area is 93.3 Å². The summed E-state index contributed by atoms with van der Waals surface area (Å²) in [5.74, 6) is -0.860. The number of aliphatic hydroxyl groups is 1. The highest BCUT2D eigenvalue weighted by atomic mass is 19.1. The summed E-state index contributed by atoms with van der Waals surface area (Å²) in [6, 6.07) is 3.62. The number of nitrogens with two attached hydrogens (primary N) is 1. The molecule has 0 aliphatic heterocycles. The van der Waals surface area contributed by atoms with Gasteiger partial charge in [0.25, 0.3) is 5.91 Å². The number of nitrogens with one attached hydrogen (secondary N) is 1. The zero-order valence-corrected chi connectivity index (χ0v) is 9.03. The molecule has 0 saturated carbocycles. The van der Waals surface area contributed by atoms with Crippen LogP contribution in [0.5, 0.6) is 0 Å². The second kappa shape index (κ2) is 5.46. The summed E-state index contributed by atoms with van der Waals surface area (Å²) in [7, 11) is 0. The van der Waals surface area contributed by atoms with Gasteiger partial charge >= 0.3 is 0 Å². The lowest BCUT2D eigenvalue weighted by molar-refractivity contribution is 0.0943. The van der Waals surface area contributed by atoms with Crippen molar-refractivity contribution in [2.75, 3.05) is 18.9 Å². The highest BCUT2D eigenvalue weighted by Crippen LogP contribution is 2.13. The van der Waals surface area contributed by atoms with Crippen LogP contribution in [0.4, 0.5) is 10.1 Å². The molecule has 0 bridgehead atoms. The number of nitrogen functional groups attached to an aromatic ring is 1. The molecule has 88 valence electrons. The first-order valence-corrected chi connectivity index (χ1v) is 4.98. The van der Waals surface area contributed by atoms with E-state index in [1.165, 1.54) is 12.1 Å². The zero-order valence-electron chi connectivity index (χ0n) is 9.03. The molecule has 16 heavy (non-hydrogen) atoms. The number of aliphatic hydroxyl groups excluding tert-OH is 1. The number of anilines is 1. The Morgan fingerprint density at radius 1 is 1.62 bits per heavy atom. The highest BCUT2D eigenvalue weighted by Gasteiger charge is 2.10. The Kier molecular flexibility index (Phi) is 4.25. The van der Waals surface area contributed by atoms with E-state index < -0.39 is 5.82 Å². The molecule has 4 N–H and O–H groups in total. The monoisotopic (exact) mass is 226 g/mol. The minimum absolute atomic E-state index is 0.000814. The SMILES string of the molecule is CC(CO)CNC(=O)c1ccc(F)cc1N. The molecule has 0 radical (unpaired) electrons. The topological polar surface area (TPSA) is 75.3 Å². The van der Waals surface area contributed by atoms with E-state index in [4.69, 9.17) is 10.8 Å². The van der Waals surface area contributed by atoms with Gasteiger partial charge in [0.2, 0.25) is 0 Å². The molecule has 0 aromatic heterocycles. The minimum Gasteiger partial charge on any atom is -0.398 e. The third kappa shape index (κ3) is 3.20. The van der Waals surface area contributed by atoms with Crippen molar-refractivity contribution in [1.29, 1.82) is 0 Å². The molecule has 0 spiro atoms. The van der Waals surface area contributed by atoms with E-state index in [1.54, 1.807) is 6.92 Å². The Morgan fingerprint density at radius 3 is 2.88 bits per heavy atom. The lowest BCUT2D eigenvalue weighted by Crippen LogP contribution is -2.30. The number of amides is 1. The van der Waals surface area contributed by atoms with Crippen LogP contribution in [0, 0.1) is 11.7 Å². The molecule has 0 heterocycles. The highest BCUT2D eigenvalue weighted by molar-refractivity contribution is 5.99. The maximum atomic E-state index is 12.7. The van der Waals surface area contributed by atoms with Gasteiger partial charge in [-0.05, 0) is 24.1 Å². The van der Waals surface area contributed by atoms with Crippen molar-refractivity contribution in [3.63, 3.8) is 0 Å². The zero-order chi connectivity index (χ0) is 12.1. The normalized spacial score (nSPS) is 12.2. The van der Waals surface area contributed by atoms with Crippen LogP contribution in [0.2, 0.25) is 0 Å². The second-order valence-electron chi connectivity index (χ2n) is 3.73. The molecular formula is C11H15FN2O2. The Balaban J connectivity index is 2.66. The van der Waals surface area contributed by atoms with Crippen LogP contribution in [-0.2, 0) is 0 Å². The number of carbonyl (C=O) groups is 1. The van der Waals surface area contributed by atoms with Crippen LogP contribution in [0.3, 0.4) is 0 Å². The van der Waals surface area contributed by atoms with Gasteiger partial charge < -0.3 is 16.2 Å². The summed E-state index contributed by atoms with van der Waals surface area (Å²) < 4.78 is 12.7. The third-order valence-electron chi connectivity index (χ3n) is 2.18. The van der Waals surface area contributed by atoms with Gasteiger partial charge in [-0.3, -0.25) is 4.79 Å². The smallest absolute Gasteiger partial charge is 0.253 e. The number of hydrogen-bond acceptors (Lipinski definition) is 3. The summed E-state index contributed by atoms with van der Waals surface area (Å²) in [6.45, 7) is 2.15. The van der Waals surface area contributed by atoms with Gasteiger partial charge in [0.1, 0.15) is 5.82 Å². The average molecular weight is 226 g/mol. The van der Waals surface area contributed by atoms with Gasteiger partial charge in [-0.25, -0.2) is 4.39 Å². The number of benzene rings is 1. The van der Waals surface area contributed by atoms with Crippen molar-refractivity contribution in [1.82, 2.24) is 5.32 Å². The second-order valence-corrected chi connectivity index (χ2v) is 3.73. The van der Waals surface area contributed by atoms with Crippen LogP contribution in [0.1, 0.15) is 17.3 Å². The van der Waals surface area contributed by atoms with Gasteiger partial charge in [0, 0.05) is 18.8 Å². The van der Waals surface area contributed by atoms with Crippen molar-refractivity contribution in [2.24, 2.45) is 5.92 Å². The van der Waals surface area contributed by atoms with Gasteiger partial charge in [0.15, 0.2) is 0 Å². The van der Waals surface area contributed by atoms with Gasteiger partial charge in [0.05, 0.1) is 5.56 Å². The number of hydrogen-bond donors (Lipinski definition) is 3. The molecule has 0 aliphatic rings. The first-order valence-electron chi connectivity index (χ1n) is 4.98. The number of halogens is 1. The maximum absolute atomic E-state index is 12.7. The van der Waals surface area contributed by atoms with E-state index in [0.29, 0.717) is 6.54 Å². The predicted octanol–water partition coefficient (Wildman–Crippen LogP) is 0.766. The molecule has 1 rings (SSSR count). The fourth-order valence-corrected chi connectivity index (χ4v) is 1.17. The van der Waals surface area contributed by atoms with Gasteiger partial charge in [-0.1, -0.05) is 6.92 Å². The van der Waals surface area contributed by atoms with Crippen LogP contribution in [0.15, 0.2) is 18.2 Å². The summed E-state index contributed by atoms with van der Waals surface area (Å²) in [6.07, 6.45) is 0. The molecular weight excluding hydrogens is 211 g/mol. The van der Waals surface area contributed by atoms with Gasteiger partial charge in [-0.2, -0.15) is 0 Å². The largest absolute Gasteiger partial charge is 0.398 e. The van der Waals surface area contributed by atoms with E-state index >= 15 is 0 Å². The molecule has 4 nitrogen and oxygen atoms in total. The first-order chi connectivity index (χ1) is 7.54. The molecule has 1 amide bonds. The van der Waals surface area contributed by atoms with Crippen LogP contribution in [0.25, 0.3) is 0 Å². The van der Waals surface area contributed by atoms with Crippen LogP contribution in [-0.4, -0.2) is 24.2 Å². The molecule has 0 aliphatic carbocycles. The molecule has 0 saturated heterocycles. The molecule has 5 heteroatoms. The quantitative estimate of drug-likeness (QED) is 0.664. The fourth-order valence-electron chi connectivity index (χ4n) is 1.17. The standard InChI is InChI=1S/C11H15FN2O2/c1-7(6-15)5-14-11(16)9-3-2-8(12)4-10(9)13/h2-4,7,15H,5-6,13H2,1H3,(H,14,16). The van der Waals surface area contributed by atoms with Crippen molar-refractivity contribution >= 4 is 11.6 Å². The molecule has 0 fully saturated rings. The van der Waals surface area contributed by atoms with E-state index in [1.807, 2.05) is 0 Å². The van der Waals surface area contributed by atoms with Crippen molar-refractivity contribution in [3.05, 3.63) is 29.6 Å². The Morgan fingerprint density at radius 2 is 2.31 bits per heavy atom. The third-order valence-corrected chi connectivity index (χ3v) is 2.18. The van der Waals surface area contributed by atoms with Crippen molar-refractivity contribution in [2.45, 2.75) is 6.92 Å². The number of rotatable bonds is 4. The fraction of sp³-hybridized carbons (Fsp3) is 0.364. The van der Waals surface area contributed by atoms with E-state index in [9.17, 15) is 9.18 Å². The Bertz CT molecular complexity index is 382. The van der Waals surface area contributed by atoms with E-state index in [-0.39, 0.29) is 29.7 Å². The molecule has 1 unspecified atom stereocenters. The summed E-state index contributed by atoms with van der Waals surface area (Å²) in [5.41, 5.74) is 5.86.